The summed E-state index contributed by atoms with van der Waals surface area (Å²) in [5.41, 5.74) is 1.17. The molecule has 0 aromatic rings. The van der Waals surface area contributed by atoms with Crippen molar-refractivity contribution in [3.05, 3.63) is 11.3 Å². The van der Waals surface area contributed by atoms with Crippen LogP contribution in [0.3, 0.4) is 0 Å². The zero-order chi connectivity index (χ0) is 15.4. The summed E-state index contributed by atoms with van der Waals surface area (Å²) in [6.07, 6.45) is 0.348. The van der Waals surface area contributed by atoms with Crippen molar-refractivity contribution in [2.75, 3.05) is 32.8 Å². The first-order valence-electron chi connectivity index (χ1n) is 7.42. The van der Waals surface area contributed by atoms with Gasteiger partial charge in [-0.25, -0.2) is 9.59 Å². The topological polar surface area (TPSA) is 81.1 Å². The molecule has 2 amide bonds. The van der Waals surface area contributed by atoms with Gasteiger partial charge in [-0.15, -0.1) is 0 Å². The molecule has 2 aliphatic rings. The van der Waals surface area contributed by atoms with E-state index >= 15 is 0 Å². The molecule has 1 unspecified atom stereocenters. The molecule has 0 aromatic heterocycles. The van der Waals surface area contributed by atoms with Crippen LogP contribution in [0, 0.1) is 0 Å². The number of hydrogen-bond acceptors (Lipinski definition) is 4. The number of esters is 1. The predicted molar refractivity (Wildman–Crippen MR) is 75.8 cm³/mol. The molecule has 7 heteroatoms. The molecular formula is C14H24N3O4+. The van der Waals surface area contributed by atoms with Crippen LogP contribution < -0.4 is 15.5 Å². The normalized spacial score (nSPS) is 29.7. The number of quaternary nitrogens is 1. The van der Waals surface area contributed by atoms with E-state index in [2.05, 4.69) is 10.6 Å². The molecule has 0 aliphatic carbocycles. The van der Waals surface area contributed by atoms with E-state index in [1.807, 2.05) is 13.8 Å². The van der Waals surface area contributed by atoms with Crippen LogP contribution in [0.5, 0.6) is 0 Å². The lowest BCUT2D eigenvalue weighted by Gasteiger charge is -2.33. The van der Waals surface area contributed by atoms with Crippen LogP contribution >= 0.6 is 0 Å². The van der Waals surface area contributed by atoms with E-state index in [0.29, 0.717) is 24.4 Å². The molecule has 0 radical (unpaired) electrons. The lowest BCUT2D eigenvalue weighted by molar-refractivity contribution is -0.910. The standard InChI is InChI=1S/C14H23N3O4/c1-4-20-13(18)11-5-15-14(19)16-12(11)8-17-6-9(2)21-10(3)7-17/h9-10H,4-8H2,1-3H3,(H2,15,16,19)/p+1/t9-,10+. The van der Waals surface area contributed by atoms with Crippen molar-refractivity contribution >= 4 is 12.0 Å². The number of morpholine rings is 1. The van der Waals surface area contributed by atoms with E-state index in [1.54, 1.807) is 6.92 Å². The zero-order valence-electron chi connectivity index (χ0n) is 12.8. The fraction of sp³-hybridized carbons (Fsp3) is 0.714. The van der Waals surface area contributed by atoms with Crippen molar-refractivity contribution in [2.45, 2.75) is 33.0 Å². The Labute approximate surface area is 124 Å². The Kier molecular flexibility index (Phi) is 5.19. The highest BCUT2D eigenvalue weighted by atomic mass is 16.5. The van der Waals surface area contributed by atoms with Gasteiger partial charge in [-0.05, 0) is 20.8 Å². The first-order chi connectivity index (χ1) is 9.99. The Hall–Kier alpha value is -1.60. The average Bonchev–Trinajstić information content (AvgIpc) is 2.37. The van der Waals surface area contributed by atoms with Gasteiger partial charge in [-0.2, -0.15) is 0 Å². The van der Waals surface area contributed by atoms with Crippen LogP contribution in [0.25, 0.3) is 0 Å². The summed E-state index contributed by atoms with van der Waals surface area (Å²) >= 11 is 0. The quantitative estimate of drug-likeness (QED) is 0.570. The van der Waals surface area contributed by atoms with Crippen molar-refractivity contribution in [3.8, 4) is 0 Å². The van der Waals surface area contributed by atoms with Crippen LogP contribution in [0.1, 0.15) is 20.8 Å². The van der Waals surface area contributed by atoms with Gasteiger partial charge < -0.3 is 25.0 Å². The van der Waals surface area contributed by atoms with Gasteiger partial charge in [0, 0.05) is 0 Å². The Morgan fingerprint density at radius 2 is 2.05 bits per heavy atom. The molecule has 1 fully saturated rings. The molecule has 2 aliphatic heterocycles. The third-order valence-corrected chi connectivity index (χ3v) is 3.62. The number of amides is 2. The first-order valence-corrected chi connectivity index (χ1v) is 7.42. The number of carbonyl (C=O) groups is 2. The molecule has 0 saturated carbocycles. The number of hydrogen-bond donors (Lipinski definition) is 3. The summed E-state index contributed by atoms with van der Waals surface area (Å²) < 4.78 is 10.8. The highest BCUT2D eigenvalue weighted by Crippen LogP contribution is 2.07. The predicted octanol–water partition coefficient (Wildman–Crippen LogP) is -1.19. The van der Waals surface area contributed by atoms with Crippen LogP contribution in [-0.2, 0) is 14.3 Å². The second-order valence-electron chi connectivity index (χ2n) is 5.58. The van der Waals surface area contributed by atoms with E-state index in [9.17, 15) is 9.59 Å². The third-order valence-electron chi connectivity index (χ3n) is 3.62. The minimum absolute atomic E-state index is 0.174. The van der Waals surface area contributed by atoms with Gasteiger partial charge in [0.15, 0.2) is 0 Å². The fourth-order valence-corrected chi connectivity index (χ4v) is 2.88. The Morgan fingerprint density at radius 3 is 2.67 bits per heavy atom. The summed E-state index contributed by atoms with van der Waals surface area (Å²) in [6.45, 7) is 8.69. The van der Waals surface area contributed by atoms with E-state index in [4.69, 9.17) is 9.47 Å². The van der Waals surface area contributed by atoms with Gasteiger partial charge in [0.05, 0.1) is 24.4 Å². The Balaban J connectivity index is 2.11. The maximum atomic E-state index is 12.0. The molecule has 7 nitrogen and oxygen atoms in total. The fourth-order valence-electron chi connectivity index (χ4n) is 2.88. The van der Waals surface area contributed by atoms with Gasteiger partial charge in [-0.3, -0.25) is 0 Å². The minimum Gasteiger partial charge on any atom is -0.463 e. The summed E-state index contributed by atoms with van der Waals surface area (Å²) in [4.78, 5) is 24.8. The van der Waals surface area contributed by atoms with Crippen molar-refractivity contribution < 1.29 is 24.0 Å². The summed E-state index contributed by atoms with van der Waals surface area (Å²) in [5.74, 6) is -0.367. The molecule has 2 heterocycles. The highest BCUT2D eigenvalue weighted by Gasteiger charge is 2.30. The molecule has 0 spiro atoms. The molecule has 0 bridgehead atoms. The Morgan fingerprint density at radius 1 is 1.38 bits per heavy atom. The molecule has 21 heavy (non-hydrogen) atoms. The minimum atomic E-state index is -0.367. The number of urea groups is 1. The lowest BCUT2D eigenvalue weighted by atomic mass is 10.1. The highest BCUT2D eigenvalue weighted by molar-refractivity contribution is 5.93. The van der Waals surface area contributed by atoms with Crippen molar-refractivity contribution in [1.29, 1.82) is 0 Å². The lowest BCUT2D eigenvalue weighted by Crippen LogP contribution is -3.15. The first kappa shape index (κ1) is 15.8. The smallest absolute Gasteiger partial charge is 0.337 e. The maximum Gasteiger partial charge on any atom is 0.337 e. The largest absolute Gasteiger partial charge is 0.463 e. The molecular weight excluding hydrogens is 274 g/mol. The SMILES string of the molecule is CCOC(=O)C1=C(C[NH+]2C[C@@H](C)O[C@@H](C)C2)NC(=O)NC1. The second-order valence-corrected chi connectivity index (χ2v) is 5.58. The van der Waals surface area contributed by atoms with E-state index in [1.165, 1.54) is 4.90 Å². The summed E-state index contributed by atoms with van der Waals surface area (Å²) in [7, 11) is 0. The molecule has 1 saturated heterocycles. The third kappa shape index (κ3) is 4.18. The van der Waals surface area contributed by atoms with Crippen LogP contribution in [-0.4, -0.2) is 57.0 Å². The van der Waals surface area contributed by atoms with Crippen molar-refractivity contribution in [1.82, 2.24) is 10.6 Å². The van der Waals surface area contributed by atoms with E-state index < -0.39 is 0 Å². The number of nitrogens with one attached hydrogen (secondary N) is 3. The van der Waals surface area contributed by atoms with Crippen LogP contribution in [0.2, 0.25) is 0 Å². The molecule has 3 atom stereocenters. The van der Waals surface area contributed by atoms with Gasteiger partial charge >= 0.3 is 12.0 Å². The maximum absolute atomic E-state index is 12.0. The molecule has 3 N–H and O–H groups in total. The van der Waals surface area contributed by atoms with E-state index in [-0.39, 0.29) is 30.8 Å². The second kappa shape index (κ2) is 6.91. The number of ether oxygens (including phenoxy) is 2. The average molecular weight is 298 g/mol. The van der Waals surface area contributed by atoms with Gasteiger partial charge in [-0.1, -0.05) is 0 Å². The number of carbonyl (C=O) groups excluding carboxylic acids is 2. The number of rotatable bonds is 4. The summed E-state index contributed by atoms with van der Waals surface area (Å²) in [6, 6.07) is -0.271. The van der Waals surface area contributed by atoms with Gasteiger partial charge in [0.2, 0.25) is 0 Å². The van der Waals surface area contributed by atoms with E-state index in [0.717, 1.165) is 13.1 Å². The molecule has 0 aromatic carbocycles. The van der Waals surface area contributed by atoms with Crippen molar-refractivity contribution in [2.24, 2.45) is 0 Å². The zero-order valence-corrected chi connectivity index (χ0v) is 12.8. The van der Waals surface area contributed by atoms with Gasteiger partial charge in [0.25, 0.3) is 0 Å². The Bertz CT molecular complexity index is 440. The van der Waals surface area contributed by atoms with Crippen LogP contribution in [0.15, 0.2) is 11.3 Å². The van der Waals surface area contributed by atoms with Gasteiger partial charge in [0.1, 0.15) is 31.8 Å². The monoisotopic (exact) mass is 298 g/mol. The molecule has 2 rings (SSSR count). The van der Waals surface area contributed by atoms with Crippen LogP contribution in [0.4, 0.5) is 4.79 Å². The van der Waals surface area contributed by atoms with Crippen molar-refractivity contribution in [3.63, 3.8) is 0 Å². The molecule has 118 valence electrons. The summed E-state index contributed by atoms with van der Waals surface area (Å²) in [5, 5.41) is 5.36.